The largest absolute Gasteiger partial charge is 0.361 e. The van der Waals surface area contributed by atoms with E-state index < -0.39 is 5.60 Å². The molecule has 4 rings (SSSR count). The molecule has 1 aliphatic carbocycles. The Bertz CT molecular complexity index is 934. The second-order valence-corrected chi connectivity index (χ2v) is 8.82. The molecule has 158 valence electrons. The molecule has 0 N–H and O–H groups in total. The van der Waals surface area contributed by atoms with Crippen molar-refractivity contribution in [1.29, 1.82) is 0 Å². The Balaban J connectivity index is 1.57. The Morgan fingerprint density at radius 1 is 1.10 bits per heavy atom. The zero-order valence-electron chi connectivity index (χ0n) is 18.1. The van der Waals surface area contributed by atoms with Gasteiger partial charge in [-0.2, -0.15) is 0 Å². The zero-order chi connectivity index (χ0) is 21.3. The Labute approximate surface area is 178 Å². The van der Waals surface area contributed by atoms with Gasteiger partial charge in [-0.25, -0.2) is 0 Å². The minimum absolute atomic E-state index is 0.0847. The molecule has 5 nitrogen and oxygen atoms in total. The summed E-state index contributed by atoms with van der Waals surface area (Å²) in [7, 11) is 3.49. The molecule has 2 aromatic rings. The summed E-state index contributed by atoms with van der Waals surface area (Å²) in [5.74, 6) is 0.228. The minimum atomic E-state index is -1.03. The maximum atomic E-state index is 13.2. The van der Waals surface area contributed by atoms with Crippen LogP contribution in [0.15, 0.2) is 48.5 Å². The van der Waals surface area contributed by atoms with E-state index in [2.05, 4.69) is 55.5 Å². The molecule has 1 saturated carbocycles. The van der Waals surface area contributed by atoms with Crippen LogP contribution in [0.3, 0.4) is 0 Å². The molecule has 2 fully saturated rings. The summed E-state index contributed by atoms with van der Waals surface area (Å²) in [4.78, 5) is 29.2. The zero-order valence-corrected chi connectivity index (χ0v) is 18.1. The van der Waals surface area contributed by atoms with Crippen LogP contribution >= 0.6 is 0 Å². The number of amides is 2. The number of aryl methyl sites for hydroxylation is 1. The van der Waals surface area contributed by atoms with Crippen molar-refractivity contribution in [3.8, 4) is 11.1 Å². The van der Waals surface area contributed by atoms with Gasteiger partial charge in [0, 0.05) is 33.0 Å². The summed E-state index contributed by atoms with van der Waals surface area (Å²) in [5, 5.41) is 0. The molecule has 0 bridgehead atoms. The SMILES string of the molecule is Cc1cccc(-c2ccc(CC3(C(=O)N(C)C)CN(C(=O)C4CC4)CCO3)cc2)c1. The van der Waals surface area contributed by atoms with Crippen molar-refractivity contribution in [1.82, 2.24) is 9.80 Å². The summed E-state index contributed by atoms with van der Waals surface area (Å²) in [6.07, 6.45) is 2.38. The lowest BCUT2D eigenvalue weighted by atomic mass is 9.89. The first kappa shape index (κ1) is 20.6. The van der Waals surface area contributed by atoms with Gasteiger partial charge in [-0.05, 0) is 36.5 Å². The van der Waals surface area contributed by atoms with Crippen LogP contribution < -0.4 is 0 Å². The molecule has 0 spiro atoms. The fourth-order valence-corrected chi connectivity index (χ4v) is 4.25. The molecule has 1 saturated heterocycles. The number of nitrogens with zero attached hydrogens (tertiary/aromatic N) is 2. The lowest BCUT2D eigenvalue weighted by Crippen LogP contribution is -2.62. The average Bonchev–Trinajstić information content (AvgIpc) is 3.59. The topological polar surface area (TPSA) is 49.9 Å². The van der Waals surface area contributed by atoms with E-state index in [0.29, 0.717) is 26.1 Å². The molecular formula is C25H30N2O3. The van der Waals surface area contributed by atoms with Crippen LogP contribution in [0, 0.1) is 12.8 Å². The smallest absolute Gasteiger partial charge is 0.256 e. The molecule has 5 heteroatoms. The van der Waals surface area contributed by atoms with Crippen molar-refractivity contribution in [2.45, 2.75) is 31.8 Å². The van der Waals surface area contributed by atoms with Crippen LogP contribution in [0.25, 0.3) is 11.1 Å². The first-order valence-corrected chi connectivity index (χ1v) is 10.7. The Morgan fingerprint density at radius 2 is 1.83 bits per heavy atom. The van der Waals surface area contributed by atoms with E-state index in [4.69, 9.17) is 4.74 Å². The Morgan fingerprint density at radius 3 is 2.47 bits per heavy atom. The van der Waals surface area contributed by atoms with E-state index in [1.807, 2.05) is 4.90 Å². The fourth-order valence-electron chi connectivity index (χ4n) is 4.25. The summed E-state index contributed by atoms with van der Waals surface area (Å²) in [5.41, 5.74) is 3.55. The molecule has 30 heavy (non-hydrogen) atoms. The number of morpholine rings is 1. The van der Waals surface area contributed by atoms with Crippen LogP contribution in [0.5, 0.6) is 0 Å². The van der Waals surface area contributed by atoms with Gasteiger partial charge >= 0.3 is 0 Å². The summed E-state index contributed by atoms with van der Waals surface area (Å²) in [6, 6.07) is 16.7. The number of hydrogen-bond acceptors (Lipinski definition) is 3. The van der Waals surface area contributed by atoms with Crippen molar-refractivity contribution in [3.05, 3.63) is 59.7 Å². The molecule has 2 aliphatic rings. The normalized spacial score (nSPS) is 21.4. The fraction of sp³-hybridized carbons (Fsp3) is 0.440. The van der Waals surface area contributed by atoms with Crippen LogP contribution in [0.4, 0.5) is 0 Å². The maximum absolute atomic E-state index is 13.2. The van der Waals surface area contributed by atoms with Crippen LogP contribution in [0.1, 0.15) is 24.0 Å². The van der Waals surface area contributed by atoms with E-state index >= 15 is 0 Å². The molecule has 1 heterocycles. The lowest BCUT2D eigenvalue weighted by molar-refractivity contribution is -0.173. The van der Waals surface area contributed by atoms with Gasteiger partial charge in [0.25, 0.3) is 5.91 Å². The van der Waals surface area contributed by atoms with E-state index in [1.165, 1.54) is 11.1 Å². The number of ether oxygens (including phenoxy) is 1. The summed E-state index contributed by atoms with van der Waals surface area (Å²) in [6.45, 7) is 3.35. The third-order valence-corrected chi connectivity index (χ3v) is 6.02. The van der Waals surface area contributed by atoms with Crippen molar-refractivity contribution in [2.75, 3.05) is 33.8 Å². The molecule has 0 aromatic heterocycles. The molecule has 1 atom stereocenters. The number of rotatable bonds is 5. The van der Waals surface area contributed by atoms with Crippen LogP contribution in [-0.4, -0.2) is 61.0 Å². The second-order valence-electron chi connectivity index (χ2n) is 8.82. The molecule has 1 aliphatic heterocycles. The molecule has 2 aromatic carbocycles. The third kappa shape index (κ3) is 4.26. The quantitative estimate of drug-likeness (QED) is 0.766. The maximum Gasteiger partial charge on any atom is 0.256 e. The van der Waals surface area contributed by atoms with Gasteiger partial charge in [0.2, 0.25) is 5.91 Å². The van der Waals surface area contributed by atoms with Crippen molar-refractivity contribution in [3.63, 3.8) is 0 Å². The highest BCUT2D eigenvalue weighted by molar-refractivity contribution is 5.88. The third-order valence-electron chi connectivity index (χ3n) is 6.02. The van der Waals surface area contributed by atoms with Crippen molar-refractivity contribution in [2.24, 2.45) is 5.92 Å². The minimum Gasteiger partial charge on any atom is -0.361 e. The number of carbonyl (C=O) groups excluding carboxylic acids is 2. The van der Waals surface area contributed by atoms with Gasteiger partial charge < -0.3 is 14.5 Å². The summed E-state index contributed by atoms with van der Waals surface area (Å²) < 4.78 is 6.12. The molecule has 2 amide bonds. The standard InChI is InChI=1S/C25H30N2O3/c1-18-5-4-6-22(15-18)20-9-7-19(8-10-20)16-25(24(29)26(2)3)17-27(13-14-30-25)23(28)21-11-12-21/h4-10,15,21H,11-14,16-17H2,1-3H3. The van der Waals surface area contributed by atoms with E-state index in [0.717, 1.165) is 24.0 Å². The van der Waals surface area contributed by atoms with E-state index in [-0.39, 0.29) is 17.7 Å². The van der Waals surface area contributed by atoms with Crippen molar-refractivity contribution < 1.29 is 14.3 Å². The molecule has 0 radical (unpaired) electrons. The Kier molecular flexibility index (Phi) is 5.65. The number of likely N-dealkylation sites (N-methyl/N-ethyl adjacent to an activating group) is 1. The highest BCUT2D eigenvalue weighted by atomic mass is 16.5. The predicted octanol–water partition coefficient (Wildman–Crippen LogP) is 3.30. The second kappa shape index (κ2) is 8.23. The highest BCUT2D eigenvalue weighted by Crippen LogP contribution is 2.34. The Hall–Kier alpha value is -2.66. The highest BCUT2D eigenvalue weighted by Gasteiger charge is 2.47. The van der Waals surface area contributed by atoms with Gasteiger partial charge in [0.1, 0.15) is 0 Å². The number of carbonyl (C=O) groups is 2. The van der Waals surface area contributed by atoms with Crippen molar-refractivity contribution >= 4 is 11.8 Å². The van der Waals surface area contributed by atoms with Gasteiger partial charge in [0.15, 0.2) is 5.60 Å². The first-order valence-electron chi connectivity index (χ1n) is 10.7. The van der Waals surface area contributed by atoms with Crippen LogP contribution in [-0.2, 0) is 20.7 Å². The lowest BCUT2D eigenvalue weighted by Gasteiger charge is -2.43. The summed E-state index contributed by atoms with van der Waals surface area (Å²) >= 11 is 0. The number of benzene rings is 2. The molecular weight excluding hydrogens is 376 g/mol. The predicted molar refractivity (Wildman–Crippen MR) is 117 cm³/mol. The number of hydrogen-bond donors (Lipinski definition) is 0. The van der Waals surface area contributed by atoms with Gasteiger partial charge in [-0.1, -0.05) is 54.1 Å². The molecule has 1 unspecified atom stereocenters. The van der Waals surface area contributed by atoms with Gasteiger partial charge in [-0.15, -0.1) is 0 Å². The monoisotopic (exact) mass is 406 g/mol. The van der Waals surface area contributed by atoms with Crippen LogP contribution in [0.2, 0.25) is 0 Å². The van der Waals surface area contributed by atoms with Gasteiger partial charge in [0.05, 0.1) is 13.2 Å². The van der Waals surface area contributed by atoms with E-state index in [1.54, 1.807) is 19.0 Å². The average molecular weight is 407 g/mol. The first-order chi connectivity index (χ1) is 14.4. The van der Waals surface area contributed by atoms with Gasteiger partial charge in [-0.3, -0.25) is 9.59 Å². The van der Waals surface area contributed by atoms with E-state index in [9.17, 15) is 9.59 Å².